The van der Waals surface area contributed by atoms with Crippen molar-refractivity contribution in [2.24, 2.45) is 0 Å². The predicted octanol–water partition coefficient (Wildman–Crippen LogP) is 2.52. The zero-order chi connectivity index (χ0) is 11.5. The lowest BCUT2D eigenvalue weighted by Crippen LogP contribution is -2.02. The van der Waals surface area contributed by atoms with Crippen LogP contribution in [0.2, 0.25) is 0 Å². The zero-order valence-corrected chi connectivity index (χ0v) is 10.0. The van der Waals surface area contributed by atoms with Gasteiger partial charge >= 0.3 is 0 Å². The predicted molar refractivity (Wildman–Crippen MR) is 62.8 cm³/mol. The standard InChI is InChI=1S/C11H13ClN4/c1-8(2)10-3-4-16(15-10)11-7-13-6-9(5-12)14-11/h3-4,6-8H,5H2,1-2H3. The molecule has 0 saturated carbocycles. The van der Waals surface area contributed by atoms with Gasteiger partial charge in [-0.05, 0) is 12.0 Å². The highest BCUT2D eigenvalue weighted by molar-refractivity contribution is 6.16. The molecule has 0 unspecified atom stereocenters. The molecule has 16 heavy (non-hydrogen) atoms. The van der Waals surface area contributed by atoms with E-state index in [0.717, 1.165) is 11.4 Å². The van der Waals surface area contributed by atoms with E-state index < -0.39 is 0 Å². The fourth-order valence-electron chi connectivity index (χ4n) is 1.34. The molecule has 0 saturated heterocycles. The van der Waals surface area contributed by atoms with E-state index in [-0.39, 0.29) is 0 Å². The third-order valence-electron chi connectivity index (χ3n) is 2.24. The third-order valence-corrected chi connectivity index (χ3v) is 2.52. The van der Waals surface area contributed by atoms with Crippen molar-refractivity contribution in [2.75, 3.05) is 0 Å². The second kappa shape index (κ2) is 4.61. The number of halogens is 1. The van der Waals surface area contributed by atoms with Crippen molar-refractivity contribution >= 4 is 11.6 Å². The van der Waals surface area contributed by atoms with Crippen molar-refractivity contribution in [1.82, 2.24) is 19.7 Å². The average Bonchev–Trinajstić information content (AvgIpc) is 2.78. The Morgan fingerprint density at radius 3 is 2.81 bits per heavy atom. The Morgan fingerprint density at radius 2 is 2.19 bits per heavy atom. The van der Waals surface area contributed by atoms with Gasteiger partial charge in [0.15, 0.2) is 5.82 Å². The van der Waals surface area contributed by atoms with Crippen LogP contribution in [0.1, 0.15) is 31.2 Å². The Hall–Kier alpha value is -1.42. The first-order chi connectivity index (χ1) is 7.70. The summed E-state index contributed by atoms with van der Waals surface area (Å²) in [6, 6.07) is 1.99. The van der Waals surface area contributed by atoms with Crippen LogP contribution in [-0.4, -0.2) is 19.7 Å². The molecule has 2 heterocycles. The summed E-state index contributed by atoms with van der Waals surface area (Å²) < 4.78 is 1.72. The van der Waals surface area contributed by atoms with E-state index in [9.17, 15) is 0 Å². The molecule has 0 spiro atoms. The summed E-state index contributed by atoms with van der Waals surface area (Å²) in [5.74, 6) is 1.47. The minimum atomic E-state index is 0.360. The van der Waals surface area contributed by atoms with Crippen LogP contribution in [0.5, 0.6) is 0 Å². The first kappa shape index (κ1) is 11.1. The highest BCUT2D eigenvalue weighted by Gasteiger charge is 2.06. The monoisotopic (exact) mass is 236 g/mol. The van der Waals surface area contributed by atoms with Gasteiger partial charge in [0, 0.05) is 12.4 Å². The first-order valence-electron chi connectivity index (χ1n) is 5.13. The van der Waals surface area contributed by atoms with E-state index in [4.69, 9.17) is 11.6 Å². The molecule has 2 aromatic heterocycles. The normalized spacial score (nSPS) is 11.0. The highest BCUT2D eigenvalue weighted by Crippen LogP contribution is 2.12. The van der Waals surface area contributed by atoms with Gasteiger partial charge in [-0.1, -0.05) is 13.8 Å². The van der Waals surface area contributed by atoms with E-state index >= 15 is 0 Å². The van der Waals surface area contributed by atoms with Crippen molar-refractivity contribution in [3.05, 3.63) is 36.0 Å². The summed E-state index contributed by atoms with van der Waals surface area (Å²) in [5, 5.41) is 4.43. The van der Waals surface area contributed by atoms with Crippen molar-refractivity contribution in [3.8, 4) is 5.82 Å². The first-order valence-corrected chi connectivity index (χ1v) is 5.67. The number of hydrogen-bond donors (Lipinski definition) is 0. The van der Waals surface area contributed by atoms with Crippen molar-refractivity contribution < 1.29 is 0 Å². The summed E-state index contributed by atoms with van der Waals surface area (Å²) in [7, 11) is 0. The molecule has 0 aromatic carbocycles. The summed E-state index contributed by atoms with van der Waals surface area (Å²) in [4.78, 5) is 8.42. The number of rotatable bonds is 3. The molecule has 84 valence electrons. The van der Waals surface area contributed by atoms with Crippen LogP contribution < -0.4 is 0 Å². The Morgan fingerprint density at radius 1 is 1.38 bits per heavy atom. The van der Waals surface area contributed by atoms with Crippen molar-refractivity contribution in [1.29, 1.82) is 0 Å². The largest absolute Gasteiger partial charge is 0.259 e. The molecule has 0 bridgehead atoms. The second-order valence-corrected chi connectivity index (χ2v) is 4.11. The summed E-state index contributed by atoms with van der Waals surface area (Å²) in [5.41, 5.74) is 1.79. The van der Waals surface area contributed by atoms with Crippen LogP contribution in [0.4, 0.5) is 0 Å². The van der Waals surface area contributed by atoms with Gasteiger partial charge in [-0.15, -0.1) is 11.6 Å². The van der Waals surface area contributed by atoms with Crippen LogP contribution in [0.25, 0.3) is 5.82 Å². The number of alkyl halides is 1. The van der Waals surface area contributed by atoms with Gasteiger partial charge in [0.25, 0.3) is 0 Å². The minimum absolute atomic E-state index is 0.360. The lowest BCUT2D eigenvalue weighted by molar-refractivity contribution is 0.752. The molecular formula is C11H13ClN4. The lowest BCUT2D eigenvalue weighted by atomic mass is 10.1. The quantitative estimate of drug-likeness (QED) is 0.770. The molecule has 0 atom stereocenters. The average molecular weight is 237 g/mol. The molecule has 5 heteroatoms. The van der Waals surface area contributed by atoms with Crippen molar-refractivity contribution in [3.63, 3.8) is 0 Å². The van der Waals surface area contributed by atoms with Gasteiger partial charge in [-0.2, -0.15) is 5.10 Å². The Bertz CT molecular complexity index is 478. The zero-order valence-electron chi connectivity index (χ0n) is 9.26. The molecule has 2 rings (SSSR count). The van der Waals surface area contributed by atoms with Gasteiger partial charge in [-0.25, -0.2) is 9.67 Å². The van der Waals surface area contributed by atoms with Crippen LogP contribution in [0.15, 0.2) is 24.7 Å². The number of aromatic nitrogens is 4. The number of hydrogen-bond acceptors (Lipinski definition) is 3. The van der Waals surface area contributed by atoms with E-state index in [1.54, 1.807) is 17.1 Å². The molecule has 2 aromatic rings. The molecule has 4 nitrogen and oxygen atoms in total. The maximum absolute atomic E-state index is 5.71. The molecule has 0 N–H and O–H groups in total. The highest BCUT2D eigenvalue weighted by atomic mass is 35.5. The number of nitrogens with zero attached hydrogens (tertiary/aromatic N) is 4. The molecule has 0 aliphatic carbocycles. The van der Waals surface area contributed by atoms with Crippen molar-refractivity contribution in [2.45, 2.75) is 25.6 Å². The molecule has 0 fully saturated rings. The molecule has 0 aliphatic heterocycles. The van der Waals surface area contributed by atoms with Crippen LogP contribution in [0.3, 0.4) is 0 Å². The SMILES string of the molecule is CC(C)c1ccn(-c2cncc(CCl)n2)n1. The molecular weight excluding hydrogens is 224 g/mol. The second-order valence-electron chi connectivity index (χ2n) is 3.84. The third kappa shape index (κ3) is 2.22. The van der Waals surface area contributed by atoms with E-state index in [1.807, 2.05) is 12.3 Å². The fourth-order valence-corrected chi connectivity index (χ4v) is 1.47. The lowest BCUT2D eigenvalue weighted by Gasteiger charge is -2.02. The summed E-state index contributed by atoms with van der Waals surface area (Å²) in [6.07, 6.45) is 5.22. The van der Waals surface area contributed by atoms with Gasteiger partial charge in [0.2, 0.25) is 0 Å². The van der Waals surface area contributed by atoms with Crippen LogP contribution in [-0.2, 0) is 5.88 Å². The van der Waals surface area contributed by atoms with Gasteiger partial charge in [0.1, 0.15) is 0 Å². The van der Waals surface area contributed by atoms with Gasteiger partial charge in [0.05, 0.1) is 23.5 Å². The maximum atomic E-state index is 5.71. The summed E-state index contributed by atoms with van der Waals surface area (Å²) >= 11 is 5.71. The van der Waals surface area contributed by atoms with Gasteiger partial charge < -0.3 is 0 Å². The Labute approximate surface area is 99.3 Å². The smallest absolute Gasteiger partial charge is 0.172 e. The molecule has 0 radical (unpaired) electrons. The van der Waals surface area contributed by atoms with Crippen LogP contribution >= 0.6 is 11.6 Å². The molecule has 0 aliphatic rings. The van der Waals surface area contributed by atoms with Gasteiger partial charge in [-0.3, -0.25) is 4.98 Å². The Balaban J connectivity index is 2.34. The Kier molecular flexibility index (Phi) is 3.19. The van der Waals surface area contributed by atoms with E-state index in [1.165, 1.54) is 0 Å². The van der Waals surface area contributed by atoms with E-state index in [0.29, 0.717) is 17.6 Å². The summed E-state index contributed by atoms with van der Waals surface area (Å²) in [6.45, 7) is 4.21. The minimum Gasteiger partial charge on any atom is -0.259 e. The fraction of sp³-hybridized carbons (Fsp3) is 0.364. The topological polar surface area (TPSA) is 43.6 Å². The maximum Gasteiger partial charge on any atom is 0.172 e. The molecule has 0 amide bonds. The van der Waals surface area contributed by atoms with E-state index in [2.05, 4.69) is 28.9 Å². The van der Waals surface area contributed by atoms with Crippen LogP contribution in [0, 0.1) is 0 Å².